The molecule has 0 aromatic heterocycles. The van der Waals surface area contributed by atoms with Crippen LogP contribution in [0.2, 0.25) is 0 Å². The van der Waals surface area contributed by atoms with Crippen molar-refractivity contribution in [1.82, 2.24) is 0 Å². The normalized spacial score (nSPS) is 6.67. The van der Waals surface area contributed by atoms with Crippen LogP contribution < -0.4 is 0 Å². The fourth-order valence-corrected chi connectivity index (χ4v) is 0.378. The van der Waals surface area contributed by atoms with Gasteiger partial charge in [0.05, 0.1) is 0 Å². The van der Waals surface area contributed by atoms with E-state index < -0.39 is 0 Å². The van der Waals surface area contributed by atoms with Gasteiger partial charge in [0.25, 0.3) is 0 Å². The molecule has 0 heterocycles. The van der Waals surface area contributed by atoms with Crippen LogP contribution in [0.3, 0.4) is 0 Å². The van der Waals surface area contributed by atoms with Gasteiger partial charge in [-0.2, -0.15) is 18.2 Å². The summed E-state index contributed by atoms with van der Waals surface area (Å²) in [5.74, 6) is 0.291. The Kier molecular flexibility index (Phi) is 8.06. The van der Waals surface area contributed by atoms with Crippen LogP contribution in [0, 0.1) is 37.2 Å². The Hall–Kier alpha value is 0.0319. The predicted octanol–water partition coefficient (Wildman–Crippen LogP) is 0.368. The van der Waals surface area contributed by atoms with E-state index in [1.807, 2.05) is 0 Å². The number of hydrogen-bond acceptors (Lipinski definition) is 1. The quantitative estimate of drug-likeness (QED) is 0.676. The molecule has 0 unspecified atom stereocenters. The largest absolute Gasteiger partial charge is 0.533 e. The van der Waals surface area contributed by atoms with Crippen molar-refractivity contribution in [2.24, 2.45) is 0 Å². The van der Waals surface area contributed by atoms with Crippen molar-refractivity contribution in [3.8, 4) is 5.75 Å². The van der Waals surface area contributed by atoms with Gasteiger partial charge >= 0.3 is 0 Å². The van der Waals surface area contributed by atoms with E-state index in [2.05, 4.69) is 6.07 Å². The van der Waals surface area contributed by atoms with Crippen LogP contribution in [0.25, 0.3) is 0 Å². The van der Waals surface area contributed by atoms with Crippen molar-refractivity contribution >= 4 is 0 Å². The molecule has 0 radical (unpaired) electrons. The van der Waals surface area contributed by atoms with Gasteiger partial charge in [0.1, 0.15) is 0 Å². The standard InChI is InChI=1S/C6H5O.H2O.U/c7-6-4-2-1-3-5-6;;/h2-5,7H;1H2;/q-1;;. The van der Waals surface area contributed by atoms with Gasteiger partial charge in [0, 0.05) is 36.9 Å². The Morgan fingerprint density at radius 1 is 1.22 bits per heavy atom. The molecule has 0 saturated carbocycles. The number of phenolic OH excluding ortho intramolecular Hbond substituents is 1. The van der Waals surface area contributed by atoms with Crippen LogP contribution in [-0.4, -0.2) is 10.6 Å². The predicted molar refractivity (Wildman–Crippen MR) is 30.6 cm³/mol. The van der Waals surface area contributed by atoms with Crippen molar-refractivity contribution in [2.75, 3.05) is 0 Å². The number of aromatic hydroxyl groups is 1. The van der Waals surface area contributed by atoms with Crippen LogP contribution >= 0.6 is 0 Å². The van der Waals surface area contributed by atoms with Gasteiger partial charge in [0.15, 0.2) is 0 Å². The molecule has 0 saturated heterocycles. The van der Waals surface area contributed by atoms with E-state index >= 15 is 0 Å². The minimum Gasteiger partial charge on any atom is -0.533 e. The number of benzene rings is 1. The smallest absolute Gasteiger partial charge is 0.00821 e. The second-order valence-electron chi connectivity index (χ2n) is 1.26. The van der Waals surface area contributed by atoms with Crippen LogP contribution in [0.5, 0.6) is 5.75 Å². The van der Waals surface area contributed by atoms with Gasteiger partial charge in [-0.3, -0.25) is 0 Å². The molecule has 2 nitrogen and oxygen atoms in total. The van der Waals surface area contributed by atoms with Gasteiger partial charge in [0.2, 0.25) is 0 Å². The molecule has 0 bridgehead atoms. The molecule has 1 aromatic rings. The van der Waals surface area contributed by atoms with Crippen molar-refractivity contribution in [3.63, 3.8) is 0 Å². The summed E-state index contributed by atoms with van der Waals surface area (Å²) >= 11 is 0. The van der Waals surface area contributed by atoms with E-state index in [9.17, 15) is 0 Å². The van der Waals surface area contributed by atoms with E-state index in [-0.39, 0.29) is 36.6 Å². The fraction of sp³-hybridized carbons (Fsp3) is 0. The van der Waals surface area contributed by atoms with Crippen molar-refractivity contribution in [3.05, 3.63) is 30.3 Å². The van der Waals surface area contributed by atoms with E-state index in [0.29, 0.717) is 5.75 Å². The number of hydrogen-bond donors (Lipinski definition) is 1. The second-order valence-corrected chi connectivity index (χ2v) is 1.26. The Morgan fingerprint density at radius 3 is 1.89 bits per heavy atom. The first-order valence-corrected chi connectivity index (χ1v) is 2.04. The van der Waals surface area contributed by atoms with Gasteiger partial charge in [-0.05, 0) is 0 Å². The summed E-state index contributed by atoms with van der Waals surface area (Å²) in [5.41, 5.74) is 0. The average molecular weight is 349 g/mol. The number of phenols is 1. The van der Waals surface area contributed by atoms with Crippen LogP contribution in [0.1, 0.15) is 0 Å². The molecule has 48 valence electrons. The Morgan fingerprint density at radius 2 is 1.67 bits per heavy atom. The average Bonchev–Trinajstić information content (AvgIpc) is 1.69. The topological polar surface area (TPSA) is 51.7 Å². The van der Waals surface area contributed by atoms with Crippen molar-refractivity contribution < 1.29 is 41.7 Å². The van der Waals surface area contributed by atoms with Crippen molar-refractivity contribution in [1.29, 1.82) is 0 Å². The molecule has 1 rings (SSSR count). The molecule has 0 amide bonds. The first-order chi connectivity index (χ1) is 3.39. The Bertz CT molecular complexity index is 141. The van der Waals surface area contributed by atoms with E-state index in [0.717, 1.165) is 0 Å². The molecule has 3 N–H and O–H groups in total. The Labute approximate surface area is 77.6 Å². The minimum absolute atomic E-state index is 0. The molecule has 3 heteroatoms. The third-order valence-electron chi connectivity index (χ3n) is 0.701. The SMILES string of the molecule is O.Oc1cc[c-]cc1.[U]. The van der Waals surface area contributed by atoms with Gasteiger partial charge in [-0.15, -0.1) is 12.1 Å². The monoisotopic (exact) mass is 349 g/mol. The van der Waals surface area contributed by atoms with Crippen LogP contribution in [-0.2, 0) is 0 Å². The summed E-state index contributed by atoms with van der Waals surface area (Å²) in [6.45, 7) is 0. The molecule has 9 heavy (non-hydrogen) atoms. The summed E-state index contributed by atoms with van der Waals surface area (Å²) in [6.07, 6.45) is 0. The zero-order valence-corrected chi connectivity index (χ0v) is 8.92. The summed E-state index contributed by atoms with van der Waals surface area (Å²) in [4.78, 5) is 0. The molecule has 0 aliphatic rings. The molecule has 1 aromatic carbocycles. The summed E-state index contributed by atoms with van der Waals surface area (Å²) < 4.78 is 0. The second kappa shape index (κ2) is 6.16. The molecule has 0 fully saturated rings. The van der Waals surface area contributed by atoms with Crippen molar-refractivity contribution in [2.45, 2.75) is 0 Å². The van der Waals surface area contributed by atoms with E-state index in [1.54, 1.807) is 24.3 Å². The molecule has 0 aliphatic carbocycles. The summed E-state index contributed by atoms with van der Waals surface area (Å²) in [5, 5.41) is 8.61. The summed E-state index contributed by atoms with van der Waals surface area (Å²) in [7, 11) is 0. The molecular formula is C6H7O2U-. The molecule has 0 aliphatic heterocycles. The first kappa shape index (κ1) is 11.8. The molecular weight excluding hydrogens is 342 g/mol. The van der Waals surface area contributed by atoms with Gasteiger partial charge < -0.3 is 10.6 Å². The fourth-order valence-electron chi connectivity index (χ4n) is 0.378. The number of rotatable bonds is 0. The maximum Gasteiger partial charge on any atom is 0.00821 e. The third-order valence-corrected chi connectivity index (χ3v) is 0.701. The first-order valence-electron chi connectivity index (χ1n) is 2.04. The maximum absolute atomic E-state index is 8.61. The molecule has 0 spiro atoms. The third kappa shape index (κ3) is 4.53. The van der Waals surface area contributed by atoms with Crippen LogP contribution in [0.15, 0.2) is 24.3 Å². The van der Waals surface area contributed by atoms with Gasteiger partial charge in [-0.1, -0.05) is 0 Å². The zero-order chi connectivity index (χ0) is 5.11. The van der Waals surface area contributed by atoms with E-state index in [1.165, 1.54) is 0 Å². The van der Waals surface area contributed by atoms with Gasteiger partial charge in [-0.25, -0.2) is 0 Å². The molecule has 0 atom stereocenters. The minimum atomic E-state index is 0. The Balaban J connectivity index is 0. The summed E-state index contributed by atoms with van der Waals surface area (Å²) in [6, 6.07) is 9.26. The van der Waals surface area contributed by atoms with Crippen LogP contribution in [0.4, 0.5) is 0 Å². The zero-order valence-electron chi connectivity index (χ0n) is 4.76. The maximum atomic E-state index is 8.61. The van der Waals surface area contributed by atoms with E-state index in [4.69, 9.17) is 5.11 Å².